The molecule has 0 aliphatic heterocycles. The fourth-order valence-electron chi connectivity index (χ4n) is 2.61. The van der Waals surface area contributed by atoms with Crippen LogP contribution in [0, 0.1) is 0 Å². The Morgan fingerprint density at radius 1 is 1.08 bits per heavy atom. The Bertz CT molecular complexity index is 970. The zero-order chi connectivity index (χ0) is 17.8. The molecule has 0 aliphatic carbocycles. The topological polar surface area (TPSA) is 81.3 Å². The van der Waals surface area contributed by atoms with E-state index in [0.29, 0.717) is 35.2 Å². The first-order chi connectivity index (χ1) is 12.0. The quantitative estimate of drug-likeness (QED) is 0.700. The molecular weight excluding hydrogens is 320 g/mol. The summed E-state index contributed by atoms with van der Waals surface area (Å²) < 4.78 is 6.49. The zero-order valence-electron chi connectivity index (χ0n) is 13.8. The van der Waals surface area contributed by atoms with Crippen LogP contribution in [0.4, 0.5) is 5.69 Å². The first-order valence-electron chi connectivity index (χ1n) is 8.02. The van der Waals surface area contributed by atoms with Crippen molar-refractivity contribution in [2.45, 2.75) is 19.3 Å². The fraction of sp³-hybridized carbons (Fsp3) is 0.211. The van der Waals surface area contributed by atoms with Gasteiger partial charge in [-0.2, -0.15) is 0 Å². The molecule has 6 heteroatoms. The van der Waals surface area contributed by atoms with Gasteiger partial charge in [0.25, 0.3) is 0 Å². The molecule has 25 heavy (non-hydrogen) atoms. The number of Topliss-reactive ketones (excluding diaryl/α,β-unsaturated/α-hetero) is 1. The van der Waals surface area contributed by atoms with Crippen molar-refractivity contribution in [3.63, 3.8) is 0 Å². The van der Waals surface area contributed by atoms with Crippen molar-refractivity contribution in [3.05, 3.63) is 64.6 Å². The van der Waals surface area contributed by atoms with Crippen LogP contribution in [0.1, 0.15) is 29.6 Å². The molecule has 128 valence electrons. The summed E-state index contributed by atoms with van der Waals surface area (Å²) in [5, 5.41) is 2.75. The molecule has 0 saturated carbocycles. The van der Waals surface area contributed by atoms with Gasteiger partial charge in [0.15, 0.2) is 11.4 Å². The van der Waals surface area contributed by atoms with Crippen LogP contribution in [0.3, 0.4) is 0 Å². The minimum absolute atomic E-state index is 0.0286. The highest BCUT2D eigenvalue weighted by atomic mass is 16.4. The van der Waals surface area contributed by atoms with Crippen molar-refractivity contribution >= 4 is 28.5 Å². The largest absolute Gasteiger partial charge is 0.419 e. The molecule has 2 aromatic carbocycles. The summed E-state index contributed by atoms with van der Waals surface area (Å²) in [5.41, 5.74) is 2.30. The summed E-state index contributed by atoms with van der Waals surface area (Å²) >= 11 is 0. The molecule has 1 heterocycles. The van der Waals surface area contributed by atoms with E-state index in [4.69, 9.17) is 4.42 Å². The number of hydrogen-bond donors (Lipinski definition) is 1. The van der Waals surface area contributed by atoms with E-state index in [-0.39, 0.29) is 18.1 Å². The van der Waals surface area contributed by atoms with Crippen molar-refractivity contribution in [1.82, 2.24) is 4.57 Å². The van der Waals surface area contributed by atoms with E-state index in [1.54, 1.807) is 37.4 Å². The van der Waals surface area contributed by atoms with E-state index in [1.165, 1.54) is 4.57 Å². The summed E-state index contributed by atoms with van der Waals surface area (Å²) in [6.45, 7) is 0. The number of fused-ring (bicyclic) bond motifs is 1. The number of amides is 1. The Kier molecular flexibility index (Phi) is 4.79. The number of rotatable bonds is 6. The molecule has 3 rings (SSSR count). The van der Waals surface area contributed by atoms with Crippen LogP contribution in [-0.4, -0.2) is 16.3 Å². The number of nitrogens with zero attached hydrogens (tertiary/aromatic N) is 1. The lowest BCUT2D eigenvalue weighted by Gasteiger charge is -2.05. The third kappa shape index (κ3) is 3.85. The Balaban J connectivity index is 1.54. The van der Waals surface area contributed by atoms with E-state index in [0.717, 1.165) is 0 Å². The number of ketones is 1. The van der Waals surface area contributed by atoms with Crippen LogP contribution in [0.2, 0.25) is 0 Å². The summed E-state index contributed by atoms with van der Waals surface area (Å²) in [7, 11) is 1.62. The van der Waals surface area contributed by atoms with Gasteiger partial charge in [-0.05, 0) is 18.6 Å². The number of oxazole rings is 1. The Labute approximate surface area is 144 Å². The van der Waals surface area contributed by atoms with Crippen molar-refractivity contribution < 1.29 is 14.0 Å². The molecule has 1 N–H and O–H groups in total. The number of aromatic nitrogens is 1. The van der Waals surface area contributed by atoms with Gasteiger partial charge in [-0.15, -0.1) is 0 Å². The van der Waals surface area contributed by atoms with Crippen LogP contribution in [-0.2, 0) is 11.8 Å². The number of anilines is 1. The summed E-state index contributed by atoms with van der Waals surface area (Å²) in [6, 6.07) is 14.1. The van der Waals surface area contributed by atoms with Crippen LogP contribution in [0.5, 0.6) is 0 Å². The second kappa shape index (κ2) is 7.17. The lowest BCUT2D eigenvalue weighted by Crippen LogP contribution is -2.12. The smallest absolute Gasteiger partial charge is 0.408 e. The second-order valence-electron chi connectivity index (χ2n) is 5.80. The maximum absolute atomic E-state index is 12.0. The number of carbonyl (C=O) groups is 2. The summed E-state index contributed by atoms with van der Waals surface area (Å²) in [6.07, 6.45) is 1.04. The first kappa shape index (κ1) is 16.7. The molecule has 0 aliphatic rings. The van der Waals surface area contributed by atoms with Gasteiger partial charge < -0.3 is 9.73 Å². The molecule has 0 spiro atoms. The lowest BCUT2D eigenvalue weighted by molar-refractivity contribution is -0.116. The average molecular weight is 338 g/mol. The van der Waals surface area contributed by atoms with Gasteiger partial charge in [0, 0.05) is 37.2 Å². The van der Waals surface area contributed by atoms with Crippen molar-refractivity contribution in [2.24, 2.45) is 7.05 Å². The fourth-order valence-corrected chi connectivity index (χ4v) is 2.61. The van der Waals surface area contributed by atoms with E-state index < -0.39 is 5.76 Å². The van der Waals surface area contributed by atoms with E-state index in [9.17, 15) is 14.4 Å². The molecule has 3 aromatic rings. The van der Waals surface area contributed by atoms with Gasteiger partial charge in [-0.25, -0.2) is 4.79 Å². The zero-order valence-corrected chi connectivity index (χ0v) is 13.8. The highest BCUT2D eigenvalue weighted by molar-refractivity contribution is 5.97. The highest BCUT2D eigenvalue weighted by Gasteiger charge is 2.10. The number of aryl methyl sites for hydroxylation is 1. The molecule has 0 fully saturated rings. The predicted octanol–water partition coefficient (Wildman–Crippen LogP) is 3.12. The molecule has 0 saturated heterocycles. The second-order valence-corrected chi connectivity index (χ2v) is 5.80. The minimum atomic E-state index is -0.446. The molecule has 0 unspecified atom stereocenters. The van der Waals surface area contributed by atoms with Crippen molar-refractivity contribution in [2.75, 3.05) is 5.32 Å². The van der Waals surface area contributed by atoms with Gasteiger partial charge in [0.05, 0.1) is 5.52 Å². The van der Waals surface area contributed by atoms with Crippen LogP contribution in [0.25, 0.3) is 11.1 Å². The van der Waals surface area contributed by atoms with Crippen LogP contribution >= 0.6 is 0 Å². The first-order valence-corrected chi connectivity index (χ1v) is 8.02. The minimum Gasteiger partial charge on any atom is -0.408 e. The monoisotopic (exact) mass is 338 g/mol. The van der Waals surface area contributed by atoms with Crippen LogP contribution in [0.15, 0.2) is 57.7 Å². The lowest BCUT2D eigenvalue weighted by atomic mass is 10.1. The van der Waals surface area contributed by atoms with Crippen LogP contribution < -0.4 is 11.1 Å². The van der Waals surface area contributed by atoms with E-state index in [1.807, 2.05) is 18.2 Å². The third-order valence-electron chi connectivity index (χ3n) is 3.98. The standard InChI is InChI=1S/C19H18N2O4/c1-21-15-11-10-14(12-17(15)25-19(21)24)20-18(23)9-5-8-16(22)13-6-3-2-4-7-13/h2-4,6-7,10-12H,5,8-9H2,1H3,(H,20,23). The summed E-state index contributed by atoms with van der Waals surface area (Å²) in [4.78, 5) is 35.5. The van der Waals surface area contributed by atoms with Gasteiger partial charge in [0.2, 0.25) is 5.91 Å². The predicted molar refractivity (Wildman–Crippen MR) is 94.7 cm³/mol. The Hall–Kier alpha value is -3.15. The van der Waals surface area contributed by atoms with Gasteiger partial charge in [-0.1, -0.05) is 30.3 Å². The maximum atomic E-state index is 12.0. The van der Waals surface area contributed by atoms with E-state index in [2.05, 4.69) is 5.32 Å². The van der Waals surface area contributed by atoms with Gasteiger partial charge >= 0.3 is 5.76 Å². The Morgan fingerprint density at radius 2 is 1.84 bits per heavy atom. The van der Waals surface area contributed by atoms with Crippen molar-refractivity contribution in [1.29, 1.82) is 0 Å². The summed E-state index contributed by atoms with van der Waals surface area (Å²) in [5.74, 6) is -0.600. The van der Waals surface area contributed by atoms with E-state index >= 15 is 0 Å². The highest BCUT2D eigenvalue weighted by Crippen LogP contribution is 2.18. The molecule has 1 amide bonds. The number of carbonyl (C=O) groups excluding carboxylic acids is 2. The number of hydrogen-bond acceptors (Lipinski definition) is 4. The average Bonchev–Trinajstić information content (AvgIpc) is 2.89. The molecule has 0 bridgehead atoms. The van der Waals surface area contributed by atoms with Crippen molar-refractivity contribution in [3.8, 4) is 0 Å². The number of nitrogens with one attached hydrogen (secondary N) is 1. The molecule has 1 aromatic heterocycles. The third-order valence-corrected chi connectivity index (χ3v) is 3.98. The Morgan fingerprint density at radius 3 is 2.60 bits per heavy atom. The molecular formula is C19H18N2O4. The van der Waals surface area contributed by atoms with Gasteiger partial charge in [-0.3, -0.25) is 14.2 Å². The van der Waals surface area contributed by atoms with Gasteiger partial charge in [0.1, 0.15) is 0 Å². The molecule has 0 radical (unpaired) electrons. The SMILES string of the molecule is Cn1c(=O)oc2cc(NC(=O)CCCC(=O)c3ccccc3)ccc21. The normalized spacial score (nSPS) is 10.8. The molecule has 0 atom stereocenters. The number of benzene rings is 2. The maximum Gasteiger partial charge on any atom is 0.419 e. The molecule has 6 nitrogen and oxygen atoms in total.